The lowest BCUT2D eigenvalue weighted by atomic mass is 10.1. The zero-order valence-electron chi connectivity index (χ0n) is 11.3. The third-order valence-electron chi connectivity index (χ3n) is 2.88. The number of hydrogen-bond donors (Lipinski definition) is 0. The van der Waals surface area contributed by atoms with Crippen LogP contribution in [0.1, 0.15) is 12.8 Å². The van der Waals surface area contributed by atoms with Gasteiger partial charge in [0.05, 0.1) is 13.2 Å². The highest BCUT2D eigenvalue weighted by molar-refractivity contribution is 6.18. The quantitative estimate of drug-likeness (QED) is 0.512. The molecule has 2 nitrogen and oxygen atoms in total. The zero-order chi connectivity index (χ0) is 14.2. The maximum atomic E-state index is 5.77. The second-order valence-electron chi connectivity index (χ2n) is 4.43. The van der Waals surface area contributed by atoms with Crippen LogP contribution in [0.4, 0.5) is 0 Å². The average Bonchev–Trinajstić information content (AvgIpc) is 2.48. The molecule has 0 N–H and O–H groups in total. The van der Waals surface area contributed by atoms with Gasteiger partial charge < -0.3 is 9.47 Å². The molecule has 0 unspecified atom stereocenters. The third-order valence-corrected chi connectivity index (χ3v) is 3.42. The van der Waals surface area contributed by atoms with Crippen LogP contribution in [0.15, 0.2) is 36.4 Å². The van der Waals surface area contributed by atoms with Gasteiger partial charge in [0.2, 0.25) is 0 Å². The van der Waals surface area contributed by atoms with Crippen LogP contribution in [-0.2, 0) is 0 Å². The van der Waals surface area contributed by atoms with Crippen molar-refractivity contribution in [1.29, 1.82) is 0 Å². The van der Waals surface area contributed by atoms with E-state index in [1.165, 1.54) is 0 Å². The van der Waals surface area contributed by atoms with E-state index in [4.69, 9.17) is 32.7 Å². The minimum atomic E-state index is 0.591. The Bertz CT molecular complexity index is 494. The molecule has 0 spiro atoms. The van der Waals surface area contributed by atoms with Gasteiger partial charge in [-0.3, -0.25) is 0 Å². The van der Waals surface area contributed by atoms with E-state index in [-0.39, 0.29) is 0 Å². The van der Waals surface area contributed by atoms with Gasteiger partial charge in [-0.05, 0) is 35.7 Å². The summed E-state index contributed by atoms with van der Waals surface area (Å²) in [4.78, 5) is 0. The van der Waals surface area contributed by atoms with E-state index in [0.717, 1.165) is 35.1 Å². The van der Waals surface area contributed by atoms with Crippen LogP contribution in [0.5, 0.6) is 11.5 Å². The molecule has 0 saturated carbocycles. The molecule has 0 bridgehead atoms. The van der Waals surface area contributed by atoms with Crippen LogP contribution in [-0.4, -0.2) is 25.0 Å². The number of hydrogen-bond acceptors (Lipinski definition) is 2. The Balaban J connectivity index is 2.21. The van der Waals surface area contributed by atoms with E-state index in [1.807, 2.05) is 24.3 Å². The van der Waals surface area contributed by atoms with Gasteiger partial charge >= 0.3 is 0 Å². The minimum absolute atomic E-state index is 0.591. The molecule has 4 heteroatoms. The van der Waals surface area contributed by atoms with Gasteiger partial charge in [0, 0.05) is 11.8 Å². The highest BCUT2D eigenvalue weighted by Crippen LogP contribution is 2.32. The molecule has 0 aliphatic rings. The SMILES string of the molecule is ClCCCOc1cc2ccccc2cc1OCCCCl. The number of fused-ring (bicyclic) bond motifs is 1. The number of halogens is 2. The summed E-state index contributed by atoms with van der Waals surface area (Å²) in [5.74, 6) is 2.72. The number of alkyl halides is 2. The lowest BCUT2D eigenvalue weighted by Crippen LogP contribution is -2.03. The minimum Gasteiger partial charge on any atom is -0.490 e. The molecule has 108 valence electrons. The first kappa shape index (κ1) is 15.3. The Labute approximate surface area is 129 Å². The highest BCUT2D eigenvalue weighted by Gasteiger charge is 2.07. The van der Waals surface area contributed by atoms with Crippen LogP contribution in [0, 0.1) is 0 Å². The Morgan fingerprint density at radius 1 is 0.750 bits per heavy atom. The second-order valence-corrected chi connectivity index (χ2v) is 5.18. The monoisotopic (exact) mass is 312 g/mol. The summed E-state index contributed by atoms with van der Waals surface area (Å²) in [7, 11) is 0. The maximum absolute atomic E-state index is 5.77. The van der Waals surface area contributed by atoms with Crippen LogP contribution in [0.25, 0.3) is 10.8 Å². The zero-order valence-corrected chi connectivity index (χ0v) is 12.8. The van der Waals surface area contributed by atoms with Crippen molar-refractivity contribution < 1.29 is 9.47 Å². The number of ether oxygens (including phenoxy) is 2. The van der Waals surface area contributed by atoms with E-state index < -0.39 is 0 Å². The number of benzene rings is 2. The first-order chi connectivity index (χ1) is 9.85. The van der Waals surface area contributed by atoms with E-state index in [1.54, 1.807) is 0 Å². The van der Waals surface area contributed by atoms with Gasteiger partial charge in [-0.15, -0.1) is 23.2 Å². The molecule has 2 aromatic carbocycles. The van der Waals surface area contributed by atoms with Crippen molar-refractivity contribution in [3.8, 4) is 11.5 Å². The van der Waals surface area contributed by atoms with Gasteiger partial charge in [-0.1, -0.05) is 24.3 Å². The molecule has 0 fully saturated rings. The molecule has 2 rings (SSSR count). The predicted molar refractivity (Wildman–Crippen MR) is 85.6 cm³/mol. The molecular formula is C16H18Cl2O2. The summed E-state index contributed by atoms with van der Waals surface area (Å²) in [5, 5.41) is 2.27. The van der Waals surface area contributed by atoms with Gasteiger partial charge in [-0.2, -0.15) is 0 Å². The first-order valence-corrected chi connectivity index (χ1v) is 7.82. The van der Waals surface area contributed by atoms with E-state index >= 15 is 0 Å². The van der Waals surface area contributed by atoms with Crippen molar-refractivity contribution in [2.24, 2.45) is 0 Å². The summed E-state index contributed by atoms with van der Waals surface area (Å²) >= 11 is 11.4. The van der Waals surface area contributed by atoms with Crippen molar-refractivity contribution in [1.82, 2.24) is 0 Å². The number of rotatable bonds is 8. The van der Waals surface area contributed by atoms with Crippen LogP contribution in [0.2, 0.25) is 0 Å². The summed E-state index contributed by atoms with van der Waals surface area (Å²) in [6.45, 7) is 1.18. The lowest BCUT2D eigenvalue weighted by Gasteiger charge is -2.13. The molecule has 0 aliphatic carbocycles. The third kappa shape index (κ3) is 4.19. The molecule has 0 radical (unpaired) electrons. The Morgan fingerprint density at radius 2 is 1.20 bits per heavy atom. The summed E-state index contributed by atoms with van der Waals surface area (Å²) in [6.07, 6.45) is 1.63. The average molecular weight is 313 g/mol. The molecule has 2 aromatic rings. The molecule has 20 heavy (non-hydrogen) atoms. The molecule has 0 saturated heterocycles. The van der Waals surface area contributed by atoms with Crippen LogP contribution >= 0.6 is 23.2 Å². The Morgan fingerprint density at radius 3 is 1.60 bits per heavy atom. The fourth-order valence-electron chi connectivity index (χ4n) is 1.90. The van der Waals surface area contributed by atoms with Crippen molar-refractivity contribution >= 4 is 34.0 Å². The summed E-state index contributed by atoms with van der Waals surface area (Å²) < 4.78 is 11.5. The van der Waals surface area contributed by atoms with Crippen molar-refractivity contribution in [3.63, 3.8) is 0 Å². The molecule has 0 aromatic heterocycles. The lowest BCUT2D eigenvalue weighted by molar-refractivity contribution is 0.270. The first-order valence-electron chi connectivity index (χ1n) is 6.75. The summed E-state index contributed by atoms with van der Waals surface area (Å²) in [5.41, 5.74) is 0. The summed E-state index contributed by atoms with van der Waals surface area (Å²) in [6, 6.07) is 12.2. The second kappa shape index (κ2) is 8.23. The maximum Gasteiger partial charge on any atom is 0.161 e. The van der Waals surface area contributed by atoms with Crippen molar-refractivity contribution in [2.45, 2.75) is 12.8 Å². The normalized spacial score (nSPS) is 10.7. The van der Waals surface area contributed by atoms with Crippen molar-refractivity contribution in [2.75, 3.05) is 25.0 Å². The molecule has 0 atom stereocenters. The van der Waals surface area contributed by atoms with E-state index in [0.29, 0.717) is 25.0 Å². The topological polar surface area (TPSA) is 18.5 Å². The van der Waals surface area contributed by atoms with E-state index in [9.17, 15) is 0 Å². The predicted octanol–water partition coefficient (Wildman–Crippen LogP) is 4.86. The smallest absolute Gasteiger partial charge is 0.161 e. The molecule has 0 aliphatic heterocycles. The largest absolute Gasteiger partial charge is 0.490 e. The fourth-order valence-corrected chi connectivity index (χ4v) is 2.12. The van der Waals surface area contributed by atoms with Crippen LogP contribution in [0.3, 0.4) is 0 Å². The molecular weight excluding hydrogens is 295 g/mol. The fraction of sp³-hybridized carbons (Fsp3) is 0.375. The molecule has 0 amide bonds. The van der Waals surface area contributed by atoms with Crippen molar-refractivity contribution in [3.05, 3.63) is 36.4 Å². The highest BCUT2D eigenvalue weighted by atomic mass is 35.5. The van der Waals surface area contributed by atoms with E-state index in [2.05, 4.69) is 12.1 Å². The van der Waals surface area contributed by atoms with Gasteiger partial charge in [0.25, 0.3) is 0 Å². The van der Waals surface area contributed by atoms with Gasteiger partial charge in [0.1, 0.15) is 0 Å². The van der Waals surface area contributed by atoms with Gasteiger partial charge in [0.15, 0.2) is 11.5 Å². The molecule has 0 heterocycles. The Hall–Kier alpha value is -1.12. The standard InChI is InChI=1S/C16H18Cl2O2/c17-7-3-9-19-15-11-13-5-1-2-6-14(13)12-16(15)20-10-4-8-18/h1-2,5-6,11-12H,3-4,7-10H2. The van der Waals surface area contributed by atoms with Gasteiger partial charge in [-0.25, -0.2) is 0 Å². The Kier molecular flexibility index (Phi) is 6.28. The van der Waals surface area contributed by atoms with Crippen LogP contribution < -0.4 is 9.47 Å².